The number of methoxy groups -OCH3 is 3. The Morgan fingerprint density at radius 3 is 2.18 bits per heavy atom. The Bertz CT molecular complexity index is 688. The molecule has 0 unspecified atom stereocenters. The maximum Gasteiger partial charge on any atom is 0.259 e. The molecule has 22 heavy (non-hydrogen) atoms. The number of carbonyl (C=O) groups is 1. The van der Waals surface area contributed by atoms with E-state index in [2.05, 4.69) is 5.32 Å². The molecule has 0 fully saturated rings. The van der Waals surface area contributed by atoms with E-state index in [1.807, 2.05) is 0 Å². The summed E-state index contributed by atoms with van der Waals surface area (Å²) in [5, 5.41) is 3.23. The van der Waals surface area contributed by atoms with Gasteiger partial charge >= 0.3 is 0 Å². The van der Waals surface area contributed by atoms with Gasteiger partial charge in [-0.15, -0.1) is 0 Å². The van der Waals surface area contributed by atoms with E-state index in [9.17, 15) is 4.79 Å². The smallest absolute Gasteiger partial charge is 0.259 e. The van der Waals surface area contributed by atoms with Crippen LogP contribution in [-0.4, -0.2) is 27.2 Å². The number of ether oxygens (including phenoxy) is 3. The van der Waals surface area contributed by atoms with Gasteiger partial charge in [0.2, 0.25) is 0 Å². The summed E-state index contributed by atoms with van der Waals surface area (Å²) in [7, 11) is 4.58. The normalized spacial score (nSPS) is 10.0. The van der Waals surface area contributed by atoms with Crippen molar-refractivity contribution in [3.05, 3.63) is 47.0 Å². The zero-order chi connectivity index (χ0) is 16.1. The number of anilines is 1. The van der Waals surface area contributed by atoms with Crippen molar-refractivity contribution in [2.75, 3.05) is 26.6 Å². The molecule has 0 spiro atoms. The van der Waals surface area contributed by atoms with Gasteiger partial charge in [-0.1, -0.05) is 11.6 Å². The van der Waals surface area contributed by atoms with Crippen LogP contribution >= 0.6 is 11.6 Å². The number of carbonyl (C=O) groups excluding carboxylic acids is 1. The summed E-state index contributed by atoms with van der Waals surface area (Å²) in [6.07, 6.45) is 0. The third kappa shape index (κ3) is 3.43. The molecule has 0 saturated heterocycles. The van der Waals surface area contributed by atoms with Gasteiger partial charge in [0.1, 0.15) is 5.75 Å². The summed E-state index contributed by atoms with van der Waals surface area (Å²) < 4.78 is 15.5. The predicted octanol–water partition coefficient (Wildman–Crippen LogP) is 3.62. The Morgan fingerprint density at radius 2 is 1.55 bits per heavy atom. The van der Waals surface area contributed by atoms with Crippen LogP contribution in [0.3, 0.4) is 0 Å². The van der Waals surface area contributed by atoms with Gasteiger partial charge in [0, 0.05) is 16.8 Å². The minimum atomic E-state index is -0.327. The molecule has 6 heteroatoms. The van der Waals surface area contributed by atoms with E-state index in [0.717, 1.165) is 0 Å². The monoisotopic (exact) mass is 321 g/mol. The number of hydrogen-bond donors (Lipinski definition) is 1. The second kappa shape index (κ2) is 7.04. The van der Waals surface area contributed by atoms with E-state index in [1.54, 1.807) is 43.5 Å². The van der Waals surface area contributed by atoms with Crippen molar-refractivity contribution in [1.29, 1.82) is 0 Å². The minimum absolute atomic E-state index is 0.327. The summed E-state index contributed by atoms with van der Waals surface area (Å²) in [5.74, 6) is 1.23. The zero-order valence-electron chi connectivity index (χ0n) is 12.5. The number of amides is 1. The lowest BCUT2D eigenvalue weighted by molar-refractivity contribution is 0.102. The molecule has 0 aliphatic heterocycles. The largest absolute Gasteiger partial charge is 0.496 e. The zero-order valence-corrected chi connectivity index (χ0v) is 13.2. The molecule has 0 atom stereocenters. The fourth-order valence-electron chi connectivity index (χ4n) is 1.97. The van der Waals surface area contributed by atoms with E-state index < -0.39 is 0 Å². The number of rotatable bonds is 5. The van der Waals surface area contributed by atoms with Crippen LogP contribution in [0, 0.1) is 0 Å². The lowest BCUT2D eigenvalue weighted by Crippen LogP contribution is -2.13. The molecule has 0 heterocycles. The van der Waals surface area contributed by atoms with Crippen LogP contribution in [0.15, 0.2) is 36.4 Å². The van der Waals surface area contributed by atoms with Crippen LogP contribution in [0.5, 0.6) is 17.2 Å². The predicted molar refractivity (Wildman–Crippen MR) is 85.5 cm³/mol. The van der Waals surface area contributed by atoms with Crippen LogP contribution in [0.2, 0.25) is 5.02 Å². The summed E-state index contributed by atoms with van der Waals surface area (Å²) in [6.45, 7) is 0. The SMILES string of the molecule is COc1ccc(NC(=O)c2cc(Cl)ccc2OC)cc1OC. The molecule has 0 radical (unpaired) electrons. The summed E-state index contributed by atoms with van der Waals surface area (Å²) in [4.78, 5) is 12.4. The summed E-state index contributed by atoms with van der Waals surface area (Å²) in [6, 6.07) is 9.96. The Labute approximate surface area is 133 Å². The van der Waals surface area contributed by atoms with Crippen LogP contribution < -0.4 is 19.5 Å². The second-order valence-electron chi connectivity index (χ2n) is 4.37. The van der Waals surface area contributed by atoms with Gasteiger partial charge in [-0.2, -0.15) is 0 Å². The fraction of sp³-hybridized carbons (Fsp3) is 0.188. The summed E-state index contributed by atoms with van der Waals surface area (Å²) >= 11 is 5.94. The van der Waals surface area contributed by atoms with Gasteiger partial charge in [-0.3, -0.25) is 4.79 Å². The van der Waals surface area contributed by atoms with E-state index in [-0.39, 0.29) is 5.91 Å². The molecule has 1 N–H and O–H groups in total. The van der Waals surface area contributed by atoms with Gasteiger partial charge in [-0.05, 0) is 30.3 Å². The van der Waals surface area contributed by atoms with Crippen molar-refractivity contribution < 1.29 is 19.0 Å². The van der Waals surface area contributed by atoms with Crippen LogP contribution in [-0.2, 0) is 0 Å². The summed E-state index contributed by atoms with van der Waals surface area (Å²) in [5.41, 5.74) is 0.925. The minimum Gasteiger partial charge on any atom is -0.496 e. The van der Waals surface area contributed by atoms with Gasteiger partial charge in [-0.25, -0.2) is 0 Å². The average Bonchev–Trinajstić information content (AvgIpc) is 2.54. The van der Waals surface area contributed by atoms with Gasteiger partial charge < -0.3 is 19.5 Å². The number of nitrogens with one attached hydrogen (secondary N) is 1. The molecule has 5 nitrogen and oxygen atoms in total. The highest BCUT2D eigenvalue weighted by Crippen LogP contribution is 2.30. The van der Waals surface area contributed by atoms with Gasteiger partial charge in [0.15, 0.2) is 11.5 Å². The highest BCUT2D eigenvalue weighted by molar-refractivity contribution is 6.31. The third-order valence-corrected chi connectivity index (χ3v) is 3.28. The molecule has 2 rings (SSSR count). The molecule has 116 valence electrons. The van der Waals surface area contributed by atoms with E-state index in [1.165, 1.54) is 14.2 Å². The number of hydrogen-bond acceptors (Lipinski definition) is 4. The average molecular weight is 322 g/mol. The van der Waals surface area contributed by atoms with Crippen LogP contribution in [0.25, 0.3) is 0 Å². The Hall–Kier alpha value is -2.40. The van der Waals surface area contributed by atoms with E-state index >= 15 is 0 Å². The van der Waals surface area contributed by atoms with Crippen molar-refractivity contribution in [3.63, 3.8) is 0 Å². The first-order chi connectivity index (χ1) is 10.6. The van der Waals surface area contributed by atoms with Crippen molar-refractivity contribution in [2.45, 2.75) is 0 Å². The molecular formula is C16H16ClNO4. The Morgan fingerprint density at radius 1 is 0.909 bits per heavy atom. The first kappa shape index (κ1) is 16.0. The lowest BCUT2D eigenvalue weighted by Gasteiger charge is -2.12. The van der Waals surface area contributed by atoms with Crippen LogP contribution in [0.1, 0.15) is 10.4 Å². The highest BCUT2D eigenvalue weighted by Gasteiger charge is 2.14. The molecule has 0 aliphatic carbocycles. The fourth-order valence-corrected chi connectivity index (χ4v) is 2.14. The first-order valence-electron chi connectivity index (χ1n) is 6.46. The molecule has 2 aromatic rings. The molecule has 0 saturated carbocycles. The van der Waals surface area contributed by atoms with Gasteiger partial charge in [0.05, 0.1) is 26.9 Å². The van der Waals surface area contributed by atoms with Gasteiger partial charge in [0.25, 0.3) is 5.91 Å². The molecular weight excluding hydrogens is 306 g/mol. The van der Waals surface area contributed by atoms with Crippen molar-refractivity contribution in [1.82, 2.24) is 0 Å². The van der Waals surface area contributed by atoms with Crippen molar-refractivity contribution in [2.24, 2.45) is 0 Å². The topological polar surface area (TPSA) is 56.8 Å². The second-order valence-corrected chi connectivity index (χ2v) is 4.80. The molecule has 0 aromatic heterocycles. The van der Waals surface area contributed by atoms with Crippen molar-refractivity contribution >= 4 is 23.2 Å². The quantitative estimate of drug-likeness (QED) is 0.914. The van der Waals surface area contributed by atoms with Crippen LogP contribution in [0.4, 0.5) is 5.69 Å². The Kier molecular flexibility index (Phi) is 5.12. The van der Waals surface area contributed by atoms with E-state index in [0.29, 0.717) is 33.5 Å². The molecule has 2 aromatic carbocycles. The lowest BCUT2D eigenvalue weighted by atomic mass is 10.1. The third-order valence-electron chi connectivity index (χ3n) is 3.05. The Balaban J connectivity index is 2.27. The highest BCUT2D eigenvalue weighted by atomic mass is 35.5. The maximum absolute atomic E-state index is 12.4. The first-order valence-corrected chi connectivity index (χ1v) is 6.83. The maximum atomic E-state index is 12.4. The number of halogens is 1. The van der Waals surface area contributed by atoms with Crippen molar-refractivity contribution in [3.8, 4) is 17.2 Å². The van der Waals surface area contributed by atoms with E-state index in [4.69, 9.17) is 25.8 Å². The number of benzene rings is 2. The molecule has 0 aliphatic rings. The standard InChI is InChI=1S/C16H16ClNO4/c1-20-13-6-4-10(17)8-12(13)16(19)18-11-5-7-14(21-2)15(9-11)22-3/h4-9H,1-3H3,(H,18,19). The molecule has 0 bridgehead atoms. The molecule has 1 amide bonds.